The Morgan fingerprint density at radius 3 is 2.47 bits per heavy atom. The Labute approximate surface area is 105 Å². The Bertz CT molecular complexity index is 318. The van der Waals surface area contributed by atoms with E-state index in [1.807, 2.05) is 0 Å². The molecule has 17 heavy (non-hydrogen) atoms. The van der Waals surface area contributed by atoms with Crippen LogP contribution in [0.1, 0.15) is 59.8 Å². The van der Waals surface area contributed by atoms with E-state index < -0.39 is 5.79 Å². The first-order valence-corrected chi connectivity index (χ1v) is 7.22. The number of hydrogen-bond acceptors (Lipinski definition) is 2. The van der Waals surface area contributed by atoms with Crippen molar-refractivity contribution in [2.75, 3.05) is 0 Å². The maximum absolute atomic E-state index is 10.9. The smallest absolute Gasteiger partial charge is 0.171 e. The summed E-state index contributed by atoms with van der Waals surface area (Å²) in [5.41, 5.74) is 0.246. The van der Waals surface area contributed by atoms with Crippen LogP contribution < -0.4 is 0 Å². The monoisotopic (exact) mass is 238 g/mol. The maximum atomic E-state index is 10.9. The first kappa shape index (κ1) is 12.0. The van der Waals surface area contributed by atoms with Crippen LogP contribution in [0, 0.1) is 22.7 Å². The van der Waals surface area contributed by atoms with E-state index in [1.165, 1.54) is 6.42 Å². The second-order valence-corrected chi connectivity index (χ2v) is 7.50. The fraction of sp³-hybridized carbons (Fsp3) is 1.00. The van der Waals surface area contributed by atoms with Gasteiger partial charge in [0.25, 0.3) is 0 Å². The summed E-state index contributed by atoms with van der Waals surface area (Å²) >= 11 is 0. The Hall–Kier alpha value is -0.0800. The van der Waals surface area contributed by atoms with Gasteiger partial charge in [-0.3, -0.25) is 0 Å². The Morgan fingerprint density at radius 2 is 1.88 bits per heavy atom. The highest BCUT2D eigenvalue weighted by atomic mass is 16.6. The van der Waals surface area contributed by atoms with Crippen LogP contribution in [-0.2, 0) is 4.74 Å². The van der Waals surface area contributed by atoms with Crippen molar-refractivity contribution in [2.24, 2.45) is 22.7 Å². The highest BCUT2D eigenvalue weighted by molar-refractivity contribution is 5.14. The molecule has 4 aliphatic rings. The molecule has 2 heterocycles. The van der Waals surface area contributed by atoms with E-state index in [2.05, 4.69) is 27.7 Å². The van der Waals surface area contributed by atoms with E-state index in [-0.39, 0.29) is 16.9 Å². The molecule has 98 valence electrons. The van der Waals surface area contributed by atoms with Gasteiger partial charge in [0.05, 0.1) is 6.10 Å². The predicted octanol–water partition coefficient (Wildman–Crippen LogP) is 3.34. The second kappa shape index (κ2) is 3.27. The second-order valence-electron chi connectivity index (χ2n) is 7.50. The van der Waals surface area contributed by atoms with Crippen molar-refractivity contribution < 1.29 is 9.84 Å². The van der Waals surface area contributed by atoms with Crippen molar-refractivity contribution in [2.45, 2.75) is 71.7 Å². The molecule has 4 fully saturated rings. The zero-order valence-corrected chi connectivity index (χ0v) is 11.6. The summed E-state index contributed by atoms with van der Waals surface area (Å²) in [7, 11) is 0. The summed E-state index contributed by atoms with van der Waals surface area (Å²) in [4.78, 5) is 0. The lowest BCUT2D eigenvalue weighted by atomic mass is 9.44. The van der Waals surface area contributed by atoms with Gasteiger partial charge in [0, 0.05) is 11.8 Å². The summed E-state index contributed by atoms with van der Waals surface area (Å²) in [6.45, 7) is 9.24. The third kappa shape index (κ3) is 1.29. The maximum Gasteiger partial charge on any atom is 0.171 e. The molecule has 2 saturated heterocycles. The van der Waals surface area contributed by atoms with Crippen molar-refractivity contribution in [1.82, 2.24) is 0 Å². The van der Waals surface area contributed by atoms with E-state index >= 15 is 0 Å². The van der Waals surface area contributed by atoms with E-state index in [0.29, 0.717) is 11.8 Å². The van der Waals surface area contributed by atoms with Gasteiger partial charge >= 0.3 is 0 Å². The molecular weight excluding hydrogens is 212 g/mol. The molecule has 0 radical (unpaired) electrons. The Balaban J connectivity index is 2.02. The van der Waals surface area contributed by atoms with Gasteiger partial charge in [-0.2, -0.15) is 0 Å². The first-order valence-electron chi connectivity index (χ1n) is 7.22. The molecule has 2 heteroatoms. The van der Waals surface area contributed by atoms with Crippen LogP contribution in [0.15, 0.2) is 0 Å². The van der Waals surface area contributed by atoms with Crippen molar-refractivity contribution >= 4 is 0 Å². The summed E-state index contributed by atoms with van der Waals surface area (Å²) in [5.74, 6) is 0.452. The normalized spacial score (nSPS) is 57.5. The molecule has 1 unspecified atom stereocenters. The number of hydrogen-bond donors (Lipinski definition) is 1. The summed E-state index contributed by atoms with van der Waals surface area (Å²) in [6.07, 6.45) is 5.78. The number of fused-ring (bicyclic) bond motifs is 1. The average Bonchev–Trinajstić information content (AvgIpc) is 2.18. The van der Waals surface area contributed by atoms with Crippen LogP contribution >= 0.6 is 0 Å². The third-order valence-corrected chi connectivity index (χ3v) is 6.41. The van der Waals surface area contributed by atoms with Gasteiger partial charge in [0.15, 0.2) is 5.79 Å². The fourth-order valence-corrected chi connectivity index (χ4v) is 4.91. The van der Waals surface area contributed by atoms with Crippen LogP contribution in [0.3, 0.4) is 0 Å². The molecule has 2 aliphatic carbocycles. The largest absolute Gasteiger partial charge is 0.365 e. The van der Waals surface area contributed by atoms with Gasteiger partial charge in [-0.25, -0.2) is 0 Å². The molecule has 4 bridgehead atoms. The minimum atomic E-state index is -0.839. The lowest BCUT2D eigenvalue weighted by molar-refractivity contribution is -0.409. The van der Waals surface area contributed by atoms with Gasteiger partial charge in [0.1, 0.15) is 0 Å². The Morgan fingerprint density at radius 1 is 1.18 bits per heavy atom. The molecule has 2 saturated carbocycles. The molecule has 0 spiro atoms. The predicted molar refractivity (Wildman–Crippen MR) is 67.4 cm³/mol. The van der Waals surface area contributed by atoms with Crippen molar-refractivity contribution in [3.63, 3.8) is 0 Å². The SMILES string of the molecule is CC(C)[C@@H]1C[C@]2(C)C3(C)CCC[C@@]2(O)O[C@H]1C3. The van der Waals surface area contributed by atoms with Gasteiger partial charge in [-0.1, -0.05) is 27.7 Å². The molecule has 2 nitrogen and oxygen atoms in total. The number of aliphatic hydroxyl groups is 1. The highest BCUT2D eigenvalue weighted by Crippen LogP contribution is 2.69. The topological polar surface area (TPSA) is 29.5 Å². The molecule has 0 aromatic rings. The molecule has 0 amide bonds. The highest BCUT2D eigenvalue weighted by Gasteiger charge is 2.69. The minimum absolute atomic E-state index is 0.0397. The number of rotatable bonds is 1. The van der Waals surface area contributed by atoms with Crippen molar-refractivity contribution in [3.05, 3.63) is 0 Å². The lowest BCUT2D eigenvalue weighted by Gasteiger charge is -2.69. The lowest BCUT2D eigenvalue weighted by Crippen LogP contribution is -2.71. The van der Waals surface area contributed by atoms with Crippen LogP contribution in [0.5, 0.6) is 0 Å². The Kier molecular flexibility index (Phi) is 2.30. The summed E-state index contributed by atoms with van der Waals surface area (Å²) < 4.78 is 6.14. The molecule has 1 N–H and O–H groups in total. The van der Waals surface area contributed by atoms with Gasteiger partial charge in [0.2, 0.25) is 0 Å². The van der Waals surface area contributed by atoms with E-state index in [4.69, 9.17) is 4.74 Å². The molecule has 4 rings (SSSR count). The molecule has 0 aromatic heterocycles. The standard InChI is InChI=1S/C15H26O2/c1-10(2)11-8-14(4)13(3)6-5-7-15(14,16)17-12(11)9-13/h10-12,16H,5-9H2,1-4H3/t11-,12-,13?,14+,15+/m0/s1. The summed E-state index contributed by atoms with van der Waals surface area (Å²) in [6, 6.07) is 0. The van der Waals surface area contributed by atoms with Crippen molar-refractivity contribution in [3.8, 4) is 0 Å². The van der Waals surface area contributed by atoms with E-state index in [9.17, 15) is 5.11 Å². The van der Waals surface area contributed by atoms with E-state index in [0.717, 1.165) is 25.7 Å². The van der Waals surface area contributed by atoms with Gasteiger partial charge in [-0.05, 0) is 42.9 Å². The molecule has 0 aromatic carbocycles. The average molecular weight is 238 g/mol. The minimum Gasteiger partial charge on any atom is -0.365 e. The van der Waals surface area contributed by atoms with Crippen LogP contribution in [-0.4, -0.2) is 17.0 Å². The van der Waals surface area contributed by atoms with Crippen LogP contribution in [0.2, 0.25) is 0 Å². The third-order valence-electron chi connectivity index (χ3n) is 6.41. The quantitative estimate of drug-likeness (QED) is 0.759. The number of ether oxygens (including phenoxy) is 1. The van der Waals surface area contributed by atoms with Crippen molar-refractivity contribution in [1.29, 1.82) is 0 Å². The van der Waals surface area contributed by atoms with Gasteiger partial charge in [-0.15, -0.1) is 0 Å². The van der Waals surface area contributed by atoms with Crippen LogP contribution in [0.25, 0.3) is 0 Å². The molecule has 2 aliphatic heterocycles. The molecule has 5 atom stereocenters. The zero-order chi connectivity index (χ0) is 12.5. The fourth-order valence-electron chi connectivity index (χ4n) is 4.91. The van der Waals surface area contributed by atoms with Gasteiger partial charge < -0.3 is 9.84 Å². The van der Waals surface area contributed by atoms with E-state index in [1.54, 1.807) is 0 Å². The summed E-state index contributed by atoms with van der Waals surface area (Å²) in [5, 5.41) is 10.9. The molecular formula is C15H26O2. The van der Waals surface area contributed by atoms with Crippen LogP contribution in [0.4, 0.5) is 0 Å². The zero-order valence-electron chi connectivity index (χ0n) is 11.6. The first-order chi connectivity index (χ1) is 7.81.